The lowest BCUT2D eigenvalue weighted by Gasteiger charge is -2.46. The number of hydrogen-bond donors (Lipinski definition) is 0. The van der Waals surface area contributed by atoms with E-state index in [0.29, 0.717) is 0 Å². The van der Waals surface area contributed by atoms with E-state index in [1.165, 1.54) is 21.9 Å². The highest BCUT2D eigenvalue weighted by Gasteiger charge is 2.47. The second-order valence-corrected chi connectivity index (χ2v) is 17.8. The van der Waals surface area contributed by atoms with Gasteiger partial charge in [0.2, 0.25) is 0 Å². The second kappa shape index (κ2) is 21.1. The van der Waals surface area contributed by atoms with E-state index in [-0.39, 0.29) is 0 Å². The molecule has 0 saturated heterocycles. The van der Waals surface area contributed by atoms with Crippen LogP contribution in [0.5, 0.6) is 0 Å². The third kappa shape index (κ3) is 13.3. The van der Waals surface area contributed by atoms with Crippen LogP contribution in [-0.2, 0) is 56.0 Å². The van der Waals surface area contributed by atoms with Gasteiger partial charge in [0.1, 0.15) is 11.8 Å². The molecule has 0 radical (unpaired) electrons. The summed E-state index contributed by atoms with van der Waals surface area (Å²) in [6, 6.07) is 16.5. The zero-order chi connectivity index (χ0) is 59.4. The summed E-state index contributed by atoms with van der Waals surface area (Å²) >= 11 is 0. The molecular weight excluding hydrogens is 1130 g/mol. The first-order valence-corrected chi connectivity index (χ1v) is 22.4. The Kier molecular flexibility index (Phi) is 15.8. The molecule has 27 heteroatoms. The van der Waals surface area contributed by atoms with Gasteiger partial charge in [-0.3, -0.25) is 0 Å². The summed E-state index contributed by atoms with van der Waals surface area (Å²) in [7, 11) is 0. The number of benzene rings is 7. The van der Waals surface area contributed by atoms with E-state index in [9.17, 15) is 105 Å². The van der Waals surface area contributed by atoms with E-state index in [0.717, 1.165) is 12.2 Å². The number of fused-ring (bicyclic) bond motifs is 1. The molecule has 0 bridgehead atoms. The minimum absolute atomic E-state index is 0.691. The van der Waals surface area contributed by atoms with Gasteiger partial charge in [0.05, 0.1) is 50.7 Å². The molecule has 80 heavy (non-hydrogen) atoms. The van der Waals surface area contributed by atoms with Crippen molar-refractivity contribution in [2.45, 2.75) is 56.0 Å². The van der Waals surface area contributed by atoms with Gasteiger partial charge in [-0.1, -0.05) is 121 Å². The zero-order valence-electron chi connectivity index (χ0n) is 39.3. The van der Waals surface area contributed by atoms with Gasteiger partial charge < -0.3 is 0 Å². The maximum Gasteiger partial charge on any atom is 0.416 e. The van der Waals surface area contributed by atoms with Crippen molar-refractivity contribution in [1.82, 2.24) is 4.98 Å². The Bertz CT molecular complexity index is 3090. The fourth-order valence-electron chi connectivity index (χ4n) is 8.98. The molecule has 0 aliphatic heterocycles. The van der Waals surface area contributed by atoms with Crippen molar-refractivity contribution >= 4 is 38.8 Å². The van der Waals surface area contributed by atoms with E-state index < -0.39 is 195 Å². The summed E-state index contributed by atoms with van der Waals surface area (Å²) in [5.74, 6) is 0. The molecule has 8 aromatic rings. The van der Waals surface area contributed by atoms with Gasteiger partial charge in [0.15, 0.2) is 18.9 Å². The van der Waals surface area contributed by atoms with Crippen LogP contribution in [-0.4, -0.2) is 11.1 Å². The van der Waals surface area contributed by atoms with Crippen LogP contribution in [0.1, 0.15) is 50.1 Å². The van der Waals surface area contributed by atoms with E-state index in [2.05, 4.69) is 82.5 Å². The minimum atomic E-state index is -6.13. The predicted octanol–water partition coefficient (Wildman–Crippen LogP) is 15.5. The molecule has 0 atom stereocenters. The molecule has 2 nitrogen and oxygen atoms in total. The van der Waals surface area contributed by atoms with E-state index in [4.69, 9.17) is 0 Å². The number of alkyl halides is 24. The molecule has 0 saturated carbocycles. The second-order valence-electron chi connectivity index (χ2n) is 17.8. The quantitative estimate of drug-likeness (QED) is 0.0883. The van der Waals surface area contributed by atoms with Crippen molar-refractivity contribution in [3.05, 3.63) is 214 Å². The SMILES string of the molecule is FC(F)(F)c1cc([B-](c2cc(C(F)(F)F)cc(C(F)(F)F)c2)(c2cc(C(F)(F)F)cc(C(F)(F)F)c2)c2cc(C(F)(F)F)cc(C(F)(F)F)c2)cc(C(F)(F)F)c1.c1ccc(C[n+]2ccnc(-c3cccc4ccccc34)c2)cc1. The van der Waals surface area contributed by atoms with Gasteiger partial charge in [0.25, 0.3) is 0 Å². The van der Waals surface area contributed by atoms with Gasteiger partial charge in [0, 0.05) is 11.1 Å². The van der Waals surface area contributed by atoms with Gasteiger partial charge in [-0.25, -0.2) is 4.98 Å². The number of nitrogens with zero attached hydrogens (tertiary/aromatic N) is 2. The summed E-state index contributed by atoms with van der Waals surface area (Å²) in [6.45, 7) is 0.848. The molecule has 0 aliphatic carbocycles. The van der Waals surface area contributed by atoms with Gasteiger partial charge >= 0.3 is 49.4 Å². The Morgan fingerprint density at radius 1 is 0.338 bits per heavy atom. The molecule has 0 unspecified atom stereocenters. The van der Waals surface area contributed by atoms with Crippen LogP contribution in [0.3, 0.4) is 0 Å². The number of aromatic nitrogens is 2. The van der Waals surface area contributed by atoms with Crippen molar-refractivity contribution < 1.29 is 110 Å². The molecule has 0 aliphatic rings. The molecule has 0 spiro atoms. The third-order valence-corrected chi connectivity index (χ3v) is 12.5. The van der Waals surface area contributed by atoms with Gasteiger partial charge in [-0.15, -0.1) is 0 Å². The van der Waals surface area contributed by atoms with Crippen LogP contribution in [0.25, 0.3) is 22.0 Å². The van der Waals surface area contributed by atoms with Crippen LogP contribution in [0.4, 0.5) is 105 Å². The molecule has 422 valence electrons. The average molecular weight is 1160 g/mol. The largest absolute Gasteiger partial charge is 0.416 e. The van der Waals surface area contributed by atoms with Gasteiger partial charge in [-0.2, -0.15) is 132 Å². The fraction of sp³-hybridized carbons (Fsp3) is 0.170. The summed E-state index contributed by atoms with van der Waals surface area (Å²) in [4.78, 5) is 4.58. The van der Waals surface area contributed by atoms with Crippen molar-refractivity contribution in [2.75, 3.05) is 0 Å². The van der Waals surface area contributed by atoms with E-state index in [1.807, 2.05) is 18.5 Å². The highest BCUT2D eigenvalue weighted by atomic mass is 19.4. The normalized spacial score (nSPS) is 13.3. The summed E-state index contributed by atoms with van der Waals surface area (Å²) in [5, 5.41) is 2.48. The zero-order valence-corrected chi connectivity index (χ0v) is 39.3. The number of rotatable bonds is 7. The molecular formula is C53H29BF24N2. The Balaban J connectivity index is 0.000000329. The molecule has 0 amide bonds. The predicted molar refractivity (Wildman–Crippen MR) is 243 cm³/mol. The van der Waals surface area contributed by atoms with Crippen LogP contribution in [0.2, 0.25) is 0 Å². The van der Waals surface area contributed by atoms with Crippen LogP contribution >= 0.6 is 0 Å². The Morgan fingerprint density at radius 3 is 0.963 bits per heavy atom. The van der Waals surface area contributed by atoms with Crippen molar-refractivity contribution in [3.63, 3.8) is 0 Å². The topological polar surface area (TPSA) is 16.8 Å². The van der Waals surface area contributed by atoms with E-state index >= 15 is 0 Å². The first kappa shape index (κ1) is 59.9. The van der Waals surface area contributed by atoms with Crippen LogP contribution in [0, 0.1) is 0 Å². The summed E-state index contributed by atoms with van der Waals surface area (Å²) in [6.07, 6.45) is -48.8. The summed E-state index contributed by atoms with van der Waals surface area (Å²) < 4.78 is 343. The van der Waals surface area contributed by atoms with E-state index in [1.54, 1.807) is 0 Å². The number of hydrogen-bond acceptors (Lipinski definition) is 1. The lowest BCUT2D eigenvalue weighted by molar-refractivity contribution is -0.688. The first-order valence-electron chi connectivity index (χ1n) is 22.4. The van der Waals surface area contributed by atoms with Crippen LogP contribution in [0.15, 0.2) is 164 Å². The maximum absolute atomic E-state index is 14.2. The van der Waals surface area contributed by atoms with Crippen LogP contribution < -0.4 is 26.4 Å². The first-order chi connectivity index (χ1) is 36.7. The highest BCUT2D eigenvalue weighted by molar-refractivity contribution is 7.20. The lowest BCUT2D eigenvalue weighted by Crippen LogP contribution is -2.75. The maximum atomic E-state index is 14.2. The molecule has 7 aromatic carbocycles. The Morgan fingerprint density at radius 2 is 0.637 bits per heavy atom. The molecule has 1 aromatic heterocycles. The standard InChI is InChI=1S/C32H12BF24.C21H17N2/c34-25(35,36)13-1-14(26(37,38)39)6-21(5-13)33(22-7-15(27(40,41)42)2-16(8-22)28(43,44)45,23-9-17(29(46,47)48)3-18(10-23)30(49,50)51)24-11-19(31(52,53)54)4-20(12-24)32(55,56)57;1-2-7-17(8-3-1)15-23-14-13-22-21(16-23)20-12-6-10-18-9-4-5-11-19(18)20/h1-12H;1-14,16H,15H2/q-1;+1. The van der Waals surface area contributed by atoms with Crippen molar-refractivity contribution in [1.29, 1.82) is 0 Å². The molecule has 0 N–H and O–H groups in total. The highest BCUT2D eigenvalue weighted by Crippen LogP contribution is 2.42. The van der Waals surface area contributed by atoms with Crippen molar-refractivity contribution in [2.24, 2.45) is 0 Å². The molecule has 8 rings (SSSR count). The third-order valence-electron chi connectivity index (χ3n) is 12.5. The fourth-order valence-corrected chi connectivity index (χ4v) is 8.98. The Hall–Kier alpha value is -7.74. The van der Waals surface area contributed by atoms with Crippen molar-refractivity contribution in [3.8, 4) is 11.3 Å². The Labute approximate surface area is 434 Å². The monoisotopic (exact) mass is 1160 g/mol. The van der Waals surface area contributed by atoms with Gasteiger partial charge in [-0.05, 0) is 35.0 Å². The minimum Gasteiger partial charge on any atom is -0.244 e. The molecule has 1 heterocycles. The smallest absolute Gasteiger partial charge is 0.244 e. The summed E-state index contributed by atoms with van der Waals surface area (Å²) in [5.41, 5.74) is -26.7. The number of halogens is 24. The lowest BCUT2D eigenvalue weighted by atomic mass is 9.12. The molecule has 0 fully saturated rings. The average Bonchev–Trinajstić information content (AvgIpc) is 3.02.